The third kappa shape index (κ3) is 4.44. The van der Waals surface area contributed by atoms with Crippen LogP contribution < -0.4 is 11.3 Å². The first kappa shape index (κ1) is 16.3. The molecule has 2 aliphatic rings. The van der Waals surface area contributed by atoms with Gasteiger partial charge in [0.25, 0.3) is 0 Å². The summed E-state index contributed by atoms with van der Waals surface area (Å²) in [6, 6.07) is 0.498. The van der Waals surface area contributed by atoms with E-state index in [4.69, 9.17) is 10.6 Å². The Morgan fingerprint density at radius 1 is 1.20 bits per heavy atom. The number of nitrogens with one attached hydrogen (secondary N) is 1. The number of hydrazine groups is 1. The zero-order valence-corrected chi connectivity index (χ0v) is 13.3. The maximum atomic E-state index is 6.14. The van der Waals surface area contributed by atoms with Gasteiger partial charge in [-0.05, 0) is 38.0 Å². The molecule has 0 amide bonds. The van der Waals surface area contributed by atoms with Crippen molar-refractivity contribution in [3.63, 3.8) is 0 Å². The zero-order valence-electron chi connectivity index (χ0n) is 13.3. The second-order valence-electron chi connectivity index (χ2n) is 6.97. The second-order valence-corrected chi connectivity index (χ2v) is 6.97. The van der Waals surface area contributed by atoms with Crippen LogP contribution in [0.5, 0.6) is 0 Å². The lowest BCUT2D eigenvalue weighted by molar-refractivity contribution is -0.0983. The van der Waals surface area contributed by atoms with Gasteiger partial charge >= 0.3 is 0 Å². The summed E-state index contributed by atoms with van der Waals surface area (Å²) in [5.74, 6) is 6.56. The van der Waals surface area contributed by atoms with Crippen molar-refractivity contribution < 1.29 is 4.74 Å². The van der Waals surface area contributed by atoms with E-state index < -0.39 is 0 Å². The highest BCUT2D eigenvalue weighted by atomic mass is 16.5. The largest absolute Gasteiger partial charge is 0.375 e. The van der Waals surface area contributed by atoms with Gasteiger partial charge in [0.05, 0.1) is 5.60 Å². The van der Waals surface area contributed by atoms with E-state index in [9.17, 15) is 0 Å². The van der Waals surface area contributed by atoms with Gasteiger partial charge in [-0.1, -0.05) is 51.9 Å². The Balaban J connectivity index is 1.75. The molecule has 2 atom stereocenters. The zero-order chi connectivity index (χ0) is 14.3. The first-order valence-corrected chi connectivity index (χ1v) is 8.90. The van der Waals surface area contributed by atoms with Crippen LogP contribution in [0.1, 0.15) is 84.0 Å². The summed E-state index contributed by atoms with van der Waals surface area (Å²) in [6.45, 7) is 3.21. The van der Waals surface area contributed by atoms with Crippen molar-refractivity contribution >= 4 is 0 Å². The molecular weight excluding hydrogens is 248 g/mol. The van der Waals surface area contributed by atoms with Gasteiger partial charge in [-0.25, -0.2) is 0 Å². The minimum Gasteiger partial charge on any atom is -0.375 e. The highest BCUT2D eigenvalue weighted by Gasteiger charge is 2.41. The van der Waals surface area contributed by atoms with Gasteiger partial charge in [0.15, 0.2) is 0 Å². The van der Waals surface area contributed by atoms with Gasteiger partial charge in [0, 0.05) is 12.6 Å². The summed E-state index contributed by atoms with van der Waals surface area (Å²) >= 11 is 0. The maximum Gasteiger partial charge on any atom is 0.0685 e. The molecule has 3 nitrogen and oxygen atoms in total. The number of rotatable bonds is 8. The maximum absolute atomic E-state index is 6.14. The van der Waals surface area contributed by atoms with E-state index >= 15 is 0 Å². The Kier molecular flexibility index (Phi) is 6.79. The molecule has 1 spiro atoms. The van der Waals surface area contributed by atoms with Gasteiger partial charge in [-0.3, -0.25) is 11.3 Å². The molecule has 0 bridgehead atoms. The van der Waals surface area contributed by atoms with E-state index in [-0.39, 0.29) is 5.60 Å². The number of unbranched alkanes of at least 4 members (excludes halogenated alkanes) is 4. The quantitative estimate of drug-likeness (QED) is 0.403. The van der Waals surface area contributed by atoms with Crippen LogP contribution in [-0.2, 0) is 4.74 Å². The number of hydrogen-bond donors (Lipinski definition) is 2. The predicted octanol–water partition coefficient (Wildman–Crippen LogP) is 3.92. The Morgan fingerprint density at radius 2 is 1.95 bits per heavy atom. The van der Waals surface area contributed by atoms with Gasteiger partial charge in [-0.15, -0.1) is 0 Å². The second kappa shape index (κ2) is 8.35. The fourth-order valence-electron chi connectivity index (χ4n) is 4.20. The lowest BCUT2D eigenvalue weighted by Crippen LogP contribution is -2.47. The molecule has 1 aliphatic carbocycles. The van der Waals surface area contributed by atoms with Crippen molar-refractivity contribution in [3.05, 3.63) is 0 Å². The van der Waals surface area contributed by atoms with Crippen molar-refractivity contribution in [3.8, 4) is 0 Å². The average molecular weight is 282 g/mol. The molecule has 2 rings (SSSR count). The van der Waals surface area contributed by atoms with Crippen LogP contribution in [0.2, 0.25) is 0 Å². The monoisotopic (exact) mass is 282 g/mol. The molecule has 118 valence electrons. The van der Waals surface area contributed by atoms with Crippen molar-refractivity contribution in [2.24, 2.45) is 11.8 Å². The lowest BCUT2D eigenvalue weighted by Gasteiger charge is -2.41. The van der Waals surface area contributed by atoms with E-state index in [1.165, 1.54) is 77.0 Å². The van der Waals surface area contributed by atoms with Crippen LogP contribution in [0.25, 0.3) is 0 Å². The molecule has 0 aromatic rings. The molecule has 1 heterocycles. The van der Waals surface area contributed by atoms with Crippen LogP contribution in [0.15, 0.2) is 0 Å². The first-order valence-electron chi connectivity index (χ1n) is 8.90. The molecule has 0 aromatic carbocycles. The first-order chi connectivity index (χ1) is 9.79. The number of nitrogens with two attached hydrogens (primary N) is 1. The van der Waals surface area contributed by atoms with Crippen LogP contribution in [-0.4, -0.2) is 18.2 Å². The molecule has 1 aliphatic heterocycles. The smallest absolute Gasteiger partial charge is 0.0685 e. The normalized spacial score (nSPS) is 27.0. The van der Waals surface area contributed by atoms with Gasteiger partial charge in [0.1, 0.15) is 0 Å². The average Bonchev–Trinajstić information content (AvgIpc) is 2.91. The Bertz CT molecular complexity index is 264. The highest BCUT2D eigenvalue weighted by molar-refractivity contribution is 4.93. The molecule has 2 unspecified atom stereocenters. The molecule has 20 heavy (non-hydrogen) atoms. The van der Waals surface area contributed by atoms with Crippen LogP contribution in [0, 0.1) is 5.92 Å². The van der Waals surface area contributed by atoms with E-state index in [1.54, 1.807) is 0 Å². The molecule has 0 aromatic heterocycles. The topological polar surface area (TPSA) is 47.3 Å². The van der Waals surface area contributed by atoms with Crippen molar-refractivity contribution in [1.82, 2.24) is 5.43 Å². The fraction of sp³-hybridized carbons (Fsp3) is 1.00. The van der Waals surface area contributed by atoms with Gasteiger partial charge in [0.2, 0.25) is 0 Å². The van der Waals surface area contributed by atoms with E-state index in [0.29, 0.717) is 6.04 Å². The van der Waals surface area contributed by atoms with Crippen molar-refractivity contribution in [2.75, 3.05) is 6.61 Å². The van der Waals surface area contributed by atoms with Crippen molar-refractivity contribution in [2.45, 2.75) is 95.6 Å². The Labute approximate surface area is 125 Å². The molecule has 1 saturated carbocycles. The van der Waals surface area contributed by atoms with Crippen LogP contribution in [0.4, 0.5) is 0 Å². The summed E-state index contributed by atoms with van der Waals surface area (Å²) in [5.41, 5.74) is 3.34. The fourth-order valence-corrected chi connectivity index (χ4v) is 4.20. The van der Waals surface area contributed by atoms with E-state index in [2.05, 4.69) is 12.3 Å². The Hall–Kier alpha value is -0.120. The van der Waals surface area contributed by atoms with E-state index in [1.807, 2.05) is 0 Å². The number of ether oxygens (including phenoxy) is 1. The summed E-state index contributed by atoms with van der Waals surface area (Å²) in [4.78, 5) is 0. The highest BCUT2D eigenvalue weighted by Crippen LogP contribution is 2.43. The summed E-state index contributed by atoms with van der Waals surface area (Å²) in [5, 5.41) is 0. The summed E-state index contributed by atoms with van der Waals surface area (Å²) in [6.07, 6.45) is 15.7. The van der Waals surface area contributed by atoms with Crippen LogP contribution in [0.3, 0.4) is 0 Å². The lowest BCUT2D eigenvalue weighted by atomic mass is 9.79. The van der Waals surface area contributed by atoms with Gasteiger partial charge in [-0.2, -0.15) is 0 Å². The summed E-state index contributed by atoms with van der Waals surface area (Å²) < 4.78 is 6.14. The molecular formula is C17H34N2O. The third-order valence-electron chi connectivity index (χ3n) is 5.45. The molecule has 1 saturated heterocycles. The number of hydrogen-bond acceptors (Lipinski definition) is 3. The van der Waals surface area contributed by atoms with Crippen LogP contribution >= 0.6 is 0 Å². The molecule has 3 heteroatoms. The third-order valence-corrected chi connectivity index (χ3v) is 5.45. The standard InChI is InChI=1S/C17H34N2O/c1-2-3-4-5-6-9-16(19-18)15-10-13-20-17(14-15)11-7-8-12-17/h15-16,19H,2-14,18H2,1H3. The minimum absolute atomic E-state index is 0.222. The molecule has 3 N–H and O–H groups in total. The predicted molar refractivity (Wildman–Crippen MR) is 84.4 cm³/mol. The minimum atomic E-state index is 0.222. The van der Waals surface area contributed by atoms with E-state index in [0.717, 1.165) is 12.5 Å². The Morgan fingerprint density at radius 3 is 2.65 bits per heavy atom. The van der Waals surface area contributed by atoms with Gasteiger partial charge < -0.3 is 4.74 Å². The summed E-state index contributed by atoms with van der Waals surface area (Å²) in [7, 11) is 0. The van der Waals surface area contributed by atoms with Crippen molar-refractivity contribution in [1.29, 1.82) is 0 Å². The SMILES string of the molecule is CCCCCCCC(NN)C1CCOC2(CCCC2)C1. The molecule has 0 radical (unpaired) electrons. The molecule has 2 fully saturated rings.